The number of Topliss-reactive ketones (excluding diaryl/α,β-unsaturated/α-hetero) is 1. The lowest BCUT2D eigenvalue weighted by Crippen LogP contribution is -2.04. The first-order valence-electron chi connectivity index (χ1n) is 9.19. The second kappa shape index (κ2) is 7.24. The second-order valence-corrected chi connectivity index (χ2v) is 9.85. The molecule has 0 radical (unpaired) electrons. The van der Waals surface area contributed by atoms with Gasteiger partial charge in [-0.25, -0.2) is 4.98 Å². The van der Waals surface area contributed by atoms with Gasteiger partial charge in [0.15, 0.2) is 16.6 Å². The molecule has 3 aromatic heterocycles. The first-order chi connectivity index (χ1) is 13.6. The van der Waals surface area contributed by atoms with E-state index in [1.807, 2.05) is 35.6 Å². The standard InChI is InChI=1S/C20H17BrN4OS2/c1-11-22-19-17(14-4-2-3-5-16(14)28-19)18-23-24-20(25(11)18)27-10-15(26)12-6-8-13(21)9-7-12/h6-9H,2-5,10H2,1H3. The molecule has 8 heteroatoms. The van der Waals surface area contributed by atoms with Crippen LogP contribution in [0.4, 0.5) is 0 Å². The molecule has 5 rings (SSSR count). The van der Waals surface area contributed by atoms with E-state index in [1.54, 1.807) is 11.3 Å². The van der Waals surface area contributed by atoms with E-state index in [1.165, 1.54) is 35.0 Å². The lowest BCUT2D eigenvalue weighted by Gasteiger charge is -2.10. The lowest BCUT2D eigenvalue weighted by atomic mass is 9.97. The first-order valence-corrected chi connectivity index (χ1v) is 11.8. The number of rotatable bonds is 4. The van der Waals surface area contributed by atoms with Crippen molar-refractivity contribution >= 4 is 60.7 Å². The van der Waals surface area contributed by atoms with Crippen LogP contribution in [0.1, 0.15) is 39.5 Å². The summed E-state index contributed by atoms with van der Waals surface area (Å²) in [5, 5.41) is 10.8. The molecule has 0 fully saturated rings. The Kier molecular flexibility index (Phi) is 4.72. The van der Waals surface area contributed by atoms with Crippen molar-refractivity contribution in [2.45, 2.75) is 37.8 Å². The minimum Gasteiger partial charge on any atom is -0.293 e. The summed E-state index contributed by atoms with van der Waals surface area (Å²) < 4.78 is 2.97. The highest BCUT2D eigenvalue weighted by Crippen LogP contribution is 2.38. The number of ketones is 1. The molecule has 4 aromatic rings. The SMILES string of the molecule is Cc1nc2sc3c(c2c2nnc(SCC(=O)c4ccc(Br)cc4)n12)CCCC3. The highest BCUT2D eigenvalue weighted by molar-refractivity contribution is 9.10. The van der Waals surface area contributed by atoms with E-state index in [4.69, 9.17) is 4.98 Å². The highest BCUT2D eigenvalue weighted by Gasteiger charge is 2.22. The lowest BCUT2D eigenvalue weighted by molar-refractivity contribution is 0.102. The monoisotopic (exact) mass is 472 g/mol. The van der Waals surface area contributed by atoms with Crippen LogP contribution >= 0.6 is 39.0 Å². The van der Waals surface area contributed by atoms with Crippen LogP contribution in [0.3, 0.4) is 0 Å². The number of aromatic nitrogens is 4. The Morgan fingerprint density at radius 2 is 2.00 bits per heavy atom. The minimum atomic E-state index is 0.0776. The van der Waals surface area contributed by atoms with Crippen molar-refractivity contribution in [3.8, 4) is 0 Å². The molecule has 0 saturated heterocycles. The maximum absolute atomic E-state index is 12.5. The van der Waals surface area contributed by atoms with Gasteiger partial charge in [0.2, 0.25) is 0 Å². The molecule has 5 nitrogen and oxygen atoms in total. The van der Waals surface area contributed by atoms with Gasteiger partial charge < -0.3 is 0 Å². The number of thioether (sulfide) groups is 1. The number of halogens is 1. The van der Waals surface area contributed by atoms with Crippen LogP contribution in [0.25, 0.3) is 15.9 Å². The van der Waals surface area contributed by atoms with E-state index >= 15 is 0 Å². The highest BCUT2D eigenvalue weighted by atomic mass is 79.9. The van der Waals surface area contributed by atoms with Crippen LogP contribution in [0.2, 0.25) is 0 Å². The molecule has 0 bridgehead atoms. The van der Waals surface area contributed by atoms with Gasteiger partial charge in [-0.05, 0) is 50.3 Å². The molecule has 28 heavy (non-hydrogen) atoms. The number of hydrogen-bond acceptors (Lipinski definition) is 6. The Morgan fingerprint density at radius 1 is 1.21 bits per heavy atom. The van der Waals surface area contributed by atoms with Crippen molar-refractivity contribution < 1.29 is 4.79 Å². The van der Waals surface area contributed by atoms with Crippen molar-refractivity contribution in [2.24, 2.45) is 0 Å². The molecule has 142 valence electrons. The average Bonchev–Trinajstić information content (AvgIpc) is 3.27. The zero-order chi connectivity index (χ0) is 19.3. The Labute approximate surface area is 178 Å². The molecule has 1 aromatic carbocycles. The van der Waals surface area contributed by atoms with Gasteiger partial charge in [0.1, 0.15) is 10.7 Å². The van der Waals surface area contributed by atoms with Crippen molar-refractivity contribution in [2.75, 3.05) is 5.75 Å². The van der Waals surface area contributed by atoms with E-state index < -0.39 is 0 Å². The smallest absolute Gasteiger partial charge is 0.197 e. The molecule has 0 N–H and O–H groups in total. The third-order valence-corrected chi connectivity index (χ3v) is 7.74. The minimum absolute atomic E-state index is 0.0776. The van der Waals surface area contributed by atoms with Crippen molar-refractivity contribution in [3.63, 3.8) is 0 Å². The second-order valence-electron chi connectivity index (χ2n) is 6.91. The summed E-state index contributed by atoms with van der Waals surface area (Å²) in [7, 11) is 0. The number of aryl methyl sites for hydroxylation is 3. The zero-order valence-electron chi connectivity index (χ0n) is 15.2. The summed E-state index contributed by atoms with van der Waals surface area (Å²) in [5.41, 5.74) is 2.98. The van der Waals surface area contributed by atoms with Gasteiger partial charge in [-0.2, -0.15) is 0 Å². The van der Waals surface area contributed by atoms with Crippen LogP contribution in [-0.2, 0) is 12.8 Å². The van der Waals surface area contributed by atoms with Crippen LogP contribution < -0.4 is 0 Å². The maximum Gasteiger partial charge on any atom is 0.197 e. The molecular weight excluding hydrogens is 456 g/mol. The summed E-state index contributed by atoms with van der Waals surface area (Å²) in [5.74, 6) is 1.26. The van der Waals surface area contributed by atoms with E-state index in [0.29, 0.717) is 11.3 Å². The van der Waals surface area contributed by atoms with Crippen LogP contribution in [-0.4, -0.2) is 31.1 Å². The van der Waals surface area contributed by atoms with Crippen molar-refractivity contribution in [1.29, 1.82) is 0 Å². The van der Waals surface area contributed by atoms with E-state index in [-0.39, 0.29) is 5.78 Å². The molecule has 0 unspecified atom stereocenters. The largest absolute Gasteiger partial charge is 0.293 e. The van der Waals surface area contributed by atoms with Crippen molar-refractivity contribution in [3.05, 3.63) is 50.6 Å². The van der Waals surface area contributed by atoms with Crippen molar-refractivity contribution in [1.82, 2.24) is 19.6 Å². The number of carbonyl (C=O) groups excluding carboxylic acids is 1. The average molecular weight is 473 g/mol. The third-order valence-electron chi connectivity index (χ3n) is 5.10. The summed E-state index contributed by atoms with van der Waals surface area (Å²) in [6.45, 7) is 1.98. The summed E-state index contributed by atoms with van der Waals surface area (Å²) in [6, 6.07) is 7.44. The van der Waals surface area contributed by atoms with Crippen LogP contribution in [0.15, 0.2) is 33.9 Å². The summed E-state index contributed by atoms with van der Waals surface area (Å²) in [6.07, 6.45) is 4.70. The summed E-state index contributed by atoms with van der Waals surface area (Å²) >= 11 is 6.61. The van der Waals surface area contributed by atoms with Gasteiger partial charge in [0.05, 0.1) is 11.1 Å². The number of nitrogens with zero attached hydrogens (tertiary/aromatic N) is 4. The topological polar surface area (TPSA) is 60.2 Å². The predicted molar refractivity (Wildman–Crippen MR) is 117 cm³/mol. The Hall–Kier alpha value is -1.77. The van der Waals surface area contributed by atoms with Gasteiger partial charge >= 0.3 is 0 Å². The van der Waals surface area contributed by atoms with Gasteiger partial charge in [-0.3, -0.25) is 9.20 Å². The Balaban J connectivity index is 1.50. The molecule has 3 heterocycles. The molecular formula is C20H17BrN4OS2. The van der Waals surface area contributed by atoms with Gasteiger partial charge in [-0.1, -0.05) is 39.8 Å². The number of fused-ring (bicyclic) bond motifs is 5. The number of benzene rings is 1. The fraction of sp³-hybridized carbons (Fsp3) is 0.300. The number of thiophene rings is 1. The quantitative estimate of drug-likeness (QED) is 0.299. The number of hydrogen-bond donors (Lipinski definition) is 0. The molecule has 1 aliphatic carbocycles. The number of carbonyl (C=O) groups is 1. The maximum atomic E-state index is 12.5. The van der Waals surface area contributed by atoms with Gasteiger partial charge in [0, 0.05) is 14.9 Å². The molecule has 1 aliphatic rings. The molecule has 0 amide bonds. The molecule has 0 saturated carbocycles. The van der Waals surface area contributed by atoms with E-state index in [9.17, 15) is 4.79 Å². The normalized spacial score (nSPS) is 13.9. The van der Waals surface area contributed by atoms with Crippen LogP contribution in [0.5, 0.6) is 0 Å². The van der Waals surface area contributed by atoms with Crippen LogP contribution in [0, 0.1) is 6.92 Å². The fourth-order valence-electron chi connectivity index (χ4n) is 3.72. The van der Waals surface area contributed by atoms with Gasteiger partial charge in [0.25, 0.3) is 0 Å². The van der Waals surface area contributed by atoms with E-state index in [2.05, 4.69) is 26.1 Å². The molecule has 0 aliphatic heterocycles. The predicted octanol–water partition coefficient (Wildman–Crippen LogP) is 5.26. The third kappa shape index (κ3) is 3.07. The first kappa shape index (κ1) is 18.3. The fourth-order valence-corrected chi connectivity index (χ4v) is 6.16. The zero-order valence-corrected chi connectivity index (χ0v) is 18.5. The molecule has 0 spiro atoms. The van der Waals surface area contributed by atoms with E-state index in [0.717, 1.165) is 44.2 Å². The Morgan fingerprint density at radius 3 is 2.82 bits per heavy atom. The van der Waals surface area contributed by atoms with Gasteiger partial charge in [-0.15, -0.1) is 21.5 Å². The summed E-state index contributed by atoms with van der Waals surface area (Å²) in [4.78, 5) is 19.9. The Bertz CT molecular complexity index is 1210. The molecule has 0 atom stereocenters.